The highest BCUT2D eigenvalue weighted by Gasteiger charge is 2.20. The average molecular weight is 516 g/mol. The summed E-state index contributed by atoms with van der Waals surface area (Å²) < 4.78 is 5.61. The highest BCUT2D eigenvalue weighted by Crippen LogP contribution is 2.15. The third-order valence-electron chi connectivity index (χ3n) is 5.53. The number of rotatable bonds is 6. The van der Waals surface area contributed by atoms with Crippen molar-refractivity contribution in [2.45, 2.75) is 51.8 Å². The number of aromatic nitrogens is 1. The lowest BCUT2D eigenvalue weighted by molar-refractivity contribution is 0.0529. The number of hydrogen-bond donors (Lipinski definition) is 2. The Balaban J connectivity index is 0.00000300. The van der Waals surface area contributed by atoms with E-state index in [0.717, 1.165) is 43.6 Å². The van der Waals surface area contributed by atoms with Crippen molar-refractivity contribution in [3.8, 4) is 0 Å². The van der Waals surface area contributed by atoms with E-state index in [2.05, 4.69) is 56.4 Å². The minimum Gasteiger partial charge on any atom is -0.375 e. The van der Waals surface area contributed by atoms with Gasteiger partial charge in [0.2, 0.25) is 0 Å². The molecular weight excluding hydrogens is 479 g/mol. The first-order chi connectivity index (χ1) is 13.7. The zero-order chi connectivity index (χ0) is 19.8. The predicted octanol–water partition coefficient (Wildman–Crippen LogP) is 2.46. The van der Waals surface area contributed by atoms with E-state index in [-0.39, 0.29) is 30.1 Å². The molecular formula is C21H37IN6O. The molecule has 0 radical (unpaired) electrons. The molecule has 0 spiro atoms. The summed E-state index contributed by atoms with van der Waals surface area (Å²) >= 11 is 0. The van der Waals surface area contributed by atoms with Gasteiger partial charge in [-0.05, 0) is 44.4 Å². The van der Waals surface area contributed by atoms with Crippen LogP contribution in [0.1, 0.15) is 38.7 Å². The standard InChI is InChI=1S/C21H36N6O.HI/c1-4-9-26-10-7-19(8-11-26)25-21(22-3)24-15-18-5-6-20(23-14-18)27-12-13-28-17(2)16-27;/h5-6,14,17,19H,4,7-13,15-16H2,1-3H3,(H2,22,24,25);1H. The first kappa shape index (κ1) is 24.1. The molecule has 3 heterocycles. The second-order valence-corrected chi connectivity index (χ2v) is 7.84. The third-order valence-corrected chi connectivity index (χ3v) is 5.53. The Morgan fingerprint density at radius 2 is 2.07 bits per heavy atom. The fourth-order valence-corrected chi connectivity index (χ4v) is 3.93. The van der Waals surface area contributed by atoms with Gasteiger partial charge < -0.3 is 25.2 Å². The molecule has 0 saturated carbocycles. The molecule has 0 aliphatic carbocycles. The van der Waals surface area contributed by atoms with Gasteiger partial charge in [0.1, 0.15) is 5.82 Å². The monoisotopic (exact) mass is 516 g/mol. The number of anilines is 1. The predicted molar refractivity (Wildman–Crippen MR) is 130 cm³/mol. The third kappa shape index (κ3) is 7.57. The van der Waals surface area contributed by atoms with Crippen molar-refractivity contribution >= 4 is 35.8 Å². The molecule has 2 fully saturated rings. The summed E-state index contributed by atoms with van der Waals surface area (Å²) in [6.07, 6.45) is 5.81. The summed E-state index contributed by atoms with van der Waals surface area (Å²) in [4.78, 5) is 13.9. The molecule has 3 rings (SSSR count). The van der Waals surface area contributed by atoms with Crippen molar-refractivity contribution < 1.29 is 4.74 Å². The minimum absolute atomic E-state index is 0. The first-order valence-electron chi connectivity index (χ1n) is 10.7. The number of halogens is 1. The zero-order valence-electron chi connectivity index (χ0n) is 18.1. The lowest BCUT2D eigenvalue weighted by Gasteiger charge is -2.33. The van der Waals surface area contributed by atoms with E-state index in [9.17, 15) is 0 Å². The van der Waals surface area contributed by atoms with Crippen LogP contribution in [0.15, 0.2) is 23.3 Å². The number of morpholine rings is 1. The zero-order valence-corrected chi connectivity index (χ0v) is 20.4. The maximum atomic E-state index is 5.61. The summed E-state index contributed by atoms with van der Waals surface area (Å²) in [6.45, 7) is 11.2. The molecule has 1 unspecified atom stereocenters. The molecule has 1 atom stereocenters. The van der Waals surface area contributed by atoms with Gasteiger partial charge in [-0.2, -0.15) is 0 Å². The average Bonchev–Trinajstić information content (AvgIpc) is 2.73. The maximum absolute atomic E-state index is 5.61. The van der Waals surface area contributed by atoms with Gasteiger partial charge in [0.25, 0.3) is 0 Å². The SMILES string of the molecule is CCCN1CCC(NC(=NC)NCc2ccc(N3CCOC(C)C3)nc2)CC1.I. The highest BCUT2D eigenvalue weighted by atomic mass is 127. The van der Waals surface area contributed by atoms with Gasteiger partial charge in [-0.3, -0.25) is 4.99 Å². The molecule has 164 valence electrons. The van der Waals surface area contributed by atoms with Crippen LogP contribution in [0.3, 0.4) is 0 Å². The van der Waals surface area contributed by atoms with Crippen LogP contribution in [0.5, 0.6) is 0 Å². The number of hydrogen-bond acceptors (Lipinski definition) is 5. The normalized spacial score (nSPS) is 21.6. The quantitative estimate of drug-likeness (QED) is 0.344. The molecule has 1 aromatic rings. The van der Waals surface area contributed by atoms with Crippen LogP contribution < -0.4 is 15.5 Å². The number of nitrogens with one attached hydrogen (secondary N) is 2. The van der Waals surface area contributed by atoms with Gasteiger partial charge in [0, 0.05) is 52.0 Å². The number of ether oxygens (including phenoxy) is 1. The maximum Gasteiger partial charge on any atom is 0.191 e. The van der Waals surface area contributed by atoms with Crippen molar-refractivity contribution in [2.24, 2.45) is 4.99 Å². The summed E-state index contributed by atoms with van der Waals surface area (Å²) in [5.74, 6) is 1.90. The van der Waals surface area contributed by atoms with Crippen molar-refractivity contribution in [1.82, 2.24) is 20.5 Å². The molecule has 8 heteroatoms. The number of aliphatic imine (C=N–C) groups is 1. The fraction of sp³-hybridized carbons (Fsp3) is 0.714. The largest absolute Gasteiger partial charge is 0.375 e. The summed E-state index contributed by atoms with van der Waals surface area (Å²) in [5, 5.41) is 7.00. The van der Waals surface area contributed by atoms with Gasteiger partial charge in [0.05, 0.1) is 12.7 Å². The van der Waals surface area contributed by atoms with Crippen LogP contribution in [-0.2, 0) is 11.3 Å². The molecule has 0 aromatic carbocycles. The minimum atomic E-state index is 0. The van der Waals surface area contributed by atoms with Crippen LogP contribution in [0.2, 0.25) is 0 Å². The second-order valence-electron chi connectivity index (χ2n) is 7.84. The van der Waals surface area contributed by atoms with Crippen molar-refractivity contribution in [2.75, 3.05) is 51.3 Å². The van der Waals surface area contributed by atoms with E-state index in [4.69, 9.17) is 4.74 Å². The van der Waals surface area contributed by atoms with Gasteiger partial charge in [0.15, 0.2) is 5.96 Å². The van der Waals surface area contributed by atoms with Crippen LogP contribution in [0.4, 0.5) is 5.82 Å². The number of guanidine groups is 1. The number of pyridine rings is 1. The Labute approximate surface area is 192 Å². The fourth-order valence-electron chi connectivity index (χ4n) is 3.93. The molecule has 29 heavy (non-hydrogen) atoms. The molecule has 2 aliphatic rings. The van der Waals surface area contributed by atoms with E-state index >= 15 is 0 Å². The lowest BCUT2D eigenvalue weighted by Crippen LogP contribution is -2.48. The summed E-state index contributed by atoms with van der Waals surface area (Å²) in [5.41, 5.74) is 1.16. The Morgan fingerprint density at radius 1 is 1.28 bits per heavy atom. The Kier molecular flexibility index (Phi) is 10.4. The second kappa shape index (κ2) is 12.5. The topological polar surface area (TPSA) is 65.0 Å². The van der Waals surface area contributed by atoms with Gasteiger partial charge in [-0.15, -0.1) is 24.0 Å². The lowest BCUT2D eigenvalue weighted by atomic mass is 10.1. The van der Waals surface area contributed by atoms with E-state index in [1.807, 2.05) is 13.2 Å². The van der Waals surface area contributed by atoms with Gasteiger partial charge in [-0.1, -0.05) is 13.0 Å². The van der Waals surface area contributed by atoms with E-state index in [1.165, 1.54) is 38.9 Å². The first-order valence-corrected chi connectivity index (χ1v) is 10.7. The molecule has 2 aliphatic heterocycles. The molecule has 0 bridgehead atoms. The molecule has 7 nitrogen and oxygen atoms in total. The number of piperidine rings is 1. The molecule has 0 amide bonds. The van der Waals surface area contributed by atoms with Crippen LogP contribution in [-0.4, -0.2) is 74.4 Å². The van der Waals surface area contributed by atoms with E-state index < -0.39 is 0 Å². The van der Waals surface area contributed by atoms with Crippen LogP contribution in [0, 0.1) is 0 Å². The Morgan fingerprint density at radius 3 is 2.69 bits per heavy atom. The smallest absolute Gasteiger partial charge is 0.191 e. The van der Waals surface area contributed by atoms with Crippen molar-refractivity contribution in [1.29, 1.82) is 0 Å². The Bertz CT molecular complexity index is 618. The number of likely N-dealkylation sites (tertiary alicyclic amines) is 1. The van der Waals surface area contributed by atoms with Crippen molar-refractivity contribution in [3.63, 3.8) is 0 Å². The van der Waals surface area contributed by atoms with Gasteiger partial charge >= 0.3 is 0 Å². The van der Waals surface area contributed by atoms with Crippen molar-refractivity contribution in [3.05, 3.63) is 23.9 Å². The highest BCUT2D eigenvalue weighted by molar-refractivity contribution is 14.0. The Hall–Kier alpha value is -1.13. The summed E-state index contributed by atoms with van der Waals surface area (Å²) in [7, 11) is 1.84. The molecule has 1 aromatic heterocycles. The number of nitrogens with zero attached hydrogens (tertiary/aromatic N) is 4. The van der Waals surface area contributed by atoms with Crippen LogP contribution in [0.25, 0.3) is 0 Å². The molecule has 2 N–H and O–H groups in total. The van der Waals surface area contributed by atoms with E-state index in [1.54, 1.807) is 0 Å². The van der Waals surface area contributed by atoms with Crippen LogP contribution >= 0.6 is 24.0 Å². The summed E-state index contributed by atoms with van der Waals surface area (Å²) in [6, 6.07) is 4.75. The molecule has 2 saturated heterocycles. The van der Waals surface area contributed by atoms with E-state index in [0.29, 0.717) is 6.04 Å². The van der Waals surface area contributed by atoms with Gasteiger partial charge in [-0.25, -0.2) is 4.98 Å².